The summed E-state index contributed by atoms with van der Waals surface area (Å²) in [6.45, 7) is 15.0. The molecule has 0 heterocycles. The van der Waals surface area contributed by atoms with Crippen LogP contribution in [0.25, 0.3) is 0 Å². The topological polar surface area (TPSA) is 27.7 Å². The van der Waals surface area contributed by atoms with Crippen molar-refractivity contribution in [3.05, 3.63) is 12.7 Å². The summed E-state index contributed by atoms with van der Waals surface area (Å²) < 4.78 is 16.2. The molecule has 0 aliphatic heterocycles. The number of hydrogen-bond acceptors (Lipinski definition) is 3. The Labute approximate surface area is 89.4 Å². The summed E-state index contributed by atoms with van der Waals surface area (Å²) in [4.78, 5) is 0. The normalized spacial score (nSPS) is 10.4. The molecule has 4 heteroatoms. The van der Waals surface area contributed by atoms with Crippen molar-refractivity contribution in [2.75, 3.05) is 19.8 Å². The van der Waals surface area contributed by atoms with Crippen LogP contribution in [0, 0.1) is 0 Å². The molecule has 0 spiro atoms. The van der Waals surface area contributed by atoms with Crippen molar-refractivity contribution in [3.63, 3.8) is 0 Å². The Morgan fingerprint density at radius 1 is 1.00 bits per heavy atom. The van der Waals surface area contributed by atoms with Gasteiger partial charge in [-0.25, -0.2) is 0 Å². The van der Waals surface area contributed by atoms with Crippen LogP contribution >= 0.6 is 0 Å². The first-order valence-corrected chi connectivity index (χ1v) is 7.31. The van der Waals surface area contributed by atoms with Gasteiger partial charge in [0.25, 0.3) is 0 Å². The minimum atomic E-state index is -2.25. The van der Waals surface area contributed by atoms with Gasteiger partial charge >= 0.3 is 8.80 Å². The van der Waals surface area contributed by atoms with Crippen molar-refractivity contribution in [2.45, 2.75) is 34.2 Å². The highest BCUT2D eigenvalue weighted by Crippen LogP contribution is 2.08. The van der Waals surface area contributed by atoms with E-state index in [1.165, 1.54) is 0 Å². The third-order valence-electron chi connectivity index (χ3n) is 1.22. The summed E-state index contributed by atoms with van der Waals surface area (Å²) in [5, 5.41) is 0. The van der Waals surface area contributed by atoms with E-state index in [1.807, 2.05) is 34.2 Å². The van der Waals surface area contributed by atoms with E-state index in [0.717, 1.165) is 0 Å². The molecular formula is C10H24O3Si. The molecule has 0 aliphatic rings. The second kappa shape index (κ2) is 10.9. The Morgan fingerprint density at radius 3 is 1.36 bits per heavy atom. The van der Waals surface area contributed by atoms with Gasteiger partial charge in [0, 0.05) is 26.4 Å². The number of rotatable bonds is 6. The minimum Gasteiger partial charge on any atom is -0.374 e. The first kappa shape index (κ1) is 16.3. The third-order valence-corrected chi connectivity index (χ3v) is 3.66. The third kappa shape index (κ3) is 9.92. The van der Waals surface area contributed by atoms with Crippen LogP contribution in [0.3, 0.4) is 0 Å². The number of hydrogen-bond donors (Lipinski definition) is 0. The number of allylic oxidation sites excluding steroid dienone is 1. The Kier molecular flexibility index (Phi) is 12.7. The minimum absolute atomic E-state index is 0.655. The summed E-state index contributed by atoms with van der Waals surface area (Å²) in [6, 6.07) is 0. The van der Waals surface area contributed by atoms with E-state index in [1.54, 1.807) is 6.08 Å². The van der Waals surface area contributed by atoms with Crippen molar-refractivity contribution < 1.29 is 13.3 Å². The lowest BCUT2D eigenvalue weighted by atomic mass is 10.8. The highest BCUT2D eigenvalue weighted by atomic mass is 28.4. The van der Waals surface area contributed by atoms with E-state index in [4.69, 9.17) is 13.3 Å². The predicted octanol–water partition coefficient (Wildman–Crippen LogP) is 2.86. The van der Waals surface area contributed by atoms with Crippen molar-refractivity contribution in [3.8, 4) is 0 Å². The monoisotopic (exact) mass is 220 g/mol. The van der Waals surface area contributed by atoms with Gasteiger partial charge in [-0.05, 0) is 27.7 Å². The van der Waals surface area contributed by atoms with Crippen molar-refractivity contribution >= 4 is 8.80 Å². The lowest BCUT2D eigenvalue weighted by Crippen LogP contribution is -2.42. The van der Waals surface area contributed by atoms with Crippen LogP contribution in [-0.4, -0.2) is 28.6 Å². The zero-order valence-corrected chi connectivity index (χ0v) is 11.1. The van der Waals surface area contributed by atoms with E-state index in [-0.39, 0.29) is 0 Å². The van der Waals surface area contributed by atoms with Gasteiger partial charge in [0.15, 0.2) is 0 Å². The lowest BCUT2D eigenvalue weighted by Gasteiger charge is -2.23. The molecule has 0 aliphatic carbocycles. The van der Waals surface area contributed by atoms with Gasteiger partial charge in [0.05, 0.1) is 0 Å². The SMILES string of the molecule is C=CC.CCO[Si](C)(OCC)OCC. The van der Waals surface area contributed by atoms with E-state index >= 15 is 0 Å². The van der Waals surface area contributed by atoms with Gasteiger partial charge in [-0.3, -0.25) is 0 Å². The van der Waals surface area contributed by atoms with Crippen LogP contribution in [0.2, 0.25) is 6.55 Å². The molecule has 0 saturated heterocycles. The molecule has 0 aromatic carbocycles. The molecule has 0 aromatic rings. The molecule has 0 aromatic heterocycles. The van der Waals surface area contributed by atoms with Gasteiger partial charge < -0.3 is 13.3 Å². The van der Waals surface area contributed by atoms with Gasteiger partial charge in [0.2, 0.25) is 0 Å². The lowest BCUT2D eigenvalue weighted by molar-refractivity contribution is 0.0783. The first-order valence-electron chi connectivity index (χ1n) is 5.09. The Balaban J connectivity index is 0. The average Bonchev–Trinajstić information content (AvgIpc) is 2.06. The van der Waals surface area contributed by atoms with E-state index in [9.17, 15) is 0 Å². The second-order valence-electron chi connectivity index (χ2n) is 2.57. The van der Waals surface area contributed by atoms with Crippen molar-refractivity contribution in [1.82, 2.24) is 0 Å². The van der Waals surface area contributed by atoms with Crippen LogP contribution in [0.5, 0.6) is 0 Å². The van der Waals surface area contributed by atoms with E-state index in [0.29, 0.717) is 19.8 Å². The van der Waals surface area contributed by atoms with Gasteiger partial charge in [-0.15, -0.1) is 6.58 Å². The smallest absolute Gasteiger partial charge is 0.374 e. The molecular weight excluding hydrogens is 196 g/mol. The largest absolute Gasteiger partial charge is 0.497 e. The predicted molar refractivity (Wildman–Crippen MR) is 62.4 cm³/mol. The fourth-order valence-corrected chi connectivity index (χ4v) is 2.73. The molecule has 0 unspecified atom stereocenters. The fraction of sp³-hybridized carbons (Fsp3) is 0.800. The summed E-state index contributed by atoms with van der Waals surface area (Å²) >= 11 is 0. The summed E-state index contributed by atoms with van der Waals surface area (Å²) in [5.74, 6) is 0. The molecule has 86 valence electrons. The Morgan fingerprint density at radius 2 is 1.21 bits per heavy atom. The highest BCUT2D eigenvalue weighted by molar-refractivity contribution is 6.59. The molecule has 0 bridgehead atoms. The second-order valence-corrected chi connectivity index (χ2v) is 5.16. The molecule has 14 heavy (non-hydrogen) atoms. The van der Waals surface area contributed by atoms with Gasteiger partial charge in [-0.2, -0.15) is 0 Å². The van der Waals surface area contributed by atoms with Crippen LogP contribution in [-0.2, 0) is 13.3 Å². The summed E-state index contributed by atoms with van der Waals surface area (Å²) in [7, 11) is -2.25. The highest BCUT2D eigenvalue weighted by Gasteiger charge is 2.32. The molecule has 0 atom stereocenters. The molecule has 3 nitrogen and oxygen atoms in total. The molecule has 0 rings (SSSR count). The van der Waals surface area contributed by atoms with Gasteiger partial charge in [-0.1, -0.05) is 6.08 Å². The quantitative estimate of drug-likeness (QED) is 0.509. The van der Waals surface area contributed by atoms with Crippen LogP contribution < -0.4 is 0 Å². The van der Waals surface area contributed by atoms with Crippen LogP contribution in [0.1, 0.15) is 27.7 Å². The van der Waals surface area contributed by atoms with E-state index < -0.39 is 8.80 Å². The fourth-order valence-electron chi connectivity index (χ4n) is 0.912. The van der Waals surface area contributed by atoms with Crippen molar-refractivity contribution in [2.24, 2.45) is 0 Å². The molecule has 0 radical (unpaired) electrons. The Hall–Kier alpha value is -0.163. The maximum Gasteiger partial charge on any atom is 0.497 e. The Bertz CT molecular complexity index is 112. The average molecular weight is 220 g/mol. The van der Waals surface area contributed by atoms with Crippen LogP contribution in [0.15, 0.2) is 12.7 Å². The molecule has 0 amide bonds. The maximum absolute atomic E-state index is 5.40. The molecule has 0 fully saturated rings. The zero-order chi connectivity index (χ0) is 11.4. The molecule has 0 N–H and O–H groups in total. The standard InChI is InChI=1S/C7H18O3Si.C3H6/c1-5-8-11(4,9-6-2)10-7-3;1-3-2/h5-7H2,1-4H3;3H,1H2,2H3. The molecule has 0 saturated carbocycles. The van der Waals surface area contributed by atoms with Gasteiger partial charge in [0.1, 0.15) is 0 Å². The zero-order valence-electron chi connectivity index (χ0n) is 10.1. The maximum atomic E-state index is 5.40. The summed E-state index contributed by atoms with van der Waals surface area (Å²) in [5.41, 5.74) is 0. The summed E-state index contributed by atoms with van der Waals surface area (Å²) in [6.07, 6.45) is 1.75. The van der Waals surface area contributed by atoms with Crippen molar-refractivity contribution in [1.29, 1.82) is 0 Å². The van der Waals surface area contributed by atoms with E-state index in [2.05, 4.69) is 6.58 Å². The van der Waals surface area contributed by atoms with Crippen LogP contribution in [0.4, 0.5) is 0 Å². The first-order chi connectivity index (χ1) is 6.60.